The van der Waals surface area contributed by atoms with Crippen LogP contribution in [0.4, 0.5) is 0 Å². The Hall–Kier alpha value is -3.68. The first-order valence-electron chi connectivity index (χ1n) is 8.76. The van der Waals surface area contributed by atoms with Crippen molar-refractivity contribution in [3.8, 4) is 11.5 Å². The predicted octanol–water partition coefficient (Wildman–Crippen LogP) is 2.28. The van der Waals surface area contributed by atoms with E-state index in [9.17, 15) is 14.7 Å². The molecule has 28 heavy (non-hydrogen) atoms. The quantitative estimate of drug-likeness (QED) is 0.504. The summed E-state index contributed by atoms with van der Waals surface area (Å²) in [4.78, 5) is 25.1. The average Bonchev–Trinajstić information content (AvgIpc) is 2.71. The van der Waals surface area contributed by atoms with Crippen LogP contribution in [0.1, 0.15) is 29.4 Å². The monoisotopic (exact) mass is 380 g/mol. The van der Waals surface area contributed by atoms with Crippen LogP contribution in [-0.4, -0.2) is 34.1 Å². The summed E-state index contributed by atoms with van der Waals surface area (Å²) < 4.78 is 6.32. The normalized spacial score (nSPS) is 11.1. The third-order valence-electron chi connectivity index (χ3n) is 4.14. The first kappa shape index (κ1) is 19.1. The van der Waals surface area contributed by atoms with Gasteiger partial charge in [-0.05, 0) is 24.6 Å². The van der Waals surface area contributed by atoms with Gasteiger partial charge < -0.3 is 9.84 Å². The topological polar surface area (TPSA) is 106 Å². The van der Waals surface area contributed by atoms with Gasteiger partial charge >= 0.3 is 0 Å². The van der Waals surface area contributed by atoms with Crippen LogP contribution in [0.2, 0.25) is 0 Å². The van der Waals surface area contributed by atoms with Crippen molar-refractivity contribution in [2.75, 3.05) is 7.11 Å². The Kier molecular flexibility index (Phi) is 5.69. The largest absolute Gasteiger partial charge is 0.504 e. The van der Waals surface area contributed by atoms with Crippen molar-refractivity contribution in [1.82, 2.24) is 15.2 Å². The first-order chi connectivity index (χ1) is 13.6. The maximum atomic E-state index is 12.6. The van der Waals surface area contributed by atoms with Gasteiger partial charge in [0.1, 0.15) is 0 Å². The molecule has 0 unspecified atom stereocenters. The number of phenolic OH excluding ortho intramolecular Hbond substituents is 1. The number of benzene rings is 2. The molecule has 0 spiro atoms. The zero-order chi connectivity index (χ0) is 20.1. The summed E-state index contributed by atoms with van der Waals surface area (Å²) in [6, 6.07) is 11.7. The number of aromatic nitrogens is 2. The van der Waals surface area contributed by atoms with Crippen molar-refractivity contribution in [3.63, 3.8) is 0 Å². The maximum absolute atomic E-state index is 12.6. The number of hydrogen-bond donors (Lipinski definition) is 2. The molecule has 1 heterocycles. The van der Waals surface area contributed by atoms with Crippen LogP contribution < -0.4 is 15.7 Å². The number of carbonyl (C=O) groups is 1. The highest BCUT2D eigenvalue weighted by molar-refractivity contribution is 6.05. The van der Waals surface area contributed by atoms with Crippen LogP contribution in [-0.2, 0) is 6.54 Å². The van der Waals surface area contributed by atoms with E-state index in [4.69, 9.17) is 4.74 Å². The van der Waals surface area contributed by atoms with Crippen molar-refractivity contribution in [3.05, 3.63) is 64.1 Å². The van der Waals surface area contributed by atoms with E-state index in [1.807, 2.05) is 6.92 Å². The smallest absolute Gasteiger partial charge is 0.292 e. The molecule has 0 aliphatic rings. The zero-order valence-electron chi connectivity index (χ0n) is 15.5. The molecule has 1 amide bonds. The second-order valence-electron chi connectivity index (χ2n) is 6.02. The SMILES string of the molecule is CCCn1nc(C(=O)N/N=C/c2cccc(OC)c2O)c2ccccc2c1=O. The molecule has 144 valence electrons. The highest BCUT2D eigenvalue weighted by Crippen LogP contribution is 2.27. The Morgan fingerprint density at radius 2 is 2.00 bits per heavy atom. The summed E-state index contributed by atoms with van der Waals surface area (Å²) in [7, 11) is 1.44. The summed E-state index contributed by atoms with van der Waals surface area (Å²) in [6.45, 7) is 2.33. The van der Waals surface area contributed by atoms with Gasteiger partial charge in [-0.15, -0.1) is 0 Å². The fraction of sp³-hybridized carbons (Fsp3) is 0.200. The molecular formula is C20H20N4O4. The van der Waals surface area contributed by atoms with E-state index in [1.54, 1.807) is 42.5 Å². The Bertz CT molecular complexity index is 1110. The number of ether oxygens (including phenoxy) is 1. The summed E-state index contributed by atoms with van der Waals surface area (Å²) in [5, 5.41) is 19.0. The van der Waals surface area contributed by atoms with Gasteiger partial charge in [-0.1, -0.05) is 31.2 Å². The fourth-order valence-corrected chi connectivity index (χ4v) is 2.79. The Morgan fingerprint density at radius 3 is 2.71 bits per heavy atom. The van der Waals surface area contributed by atoms with Crippen LogP contribution in [0.3, 0.4) is 0 Å². The second-order valence-corrected chi connectivity index (χ2v) is 6.02. The van der Waals surface area contributed by atoms with E-state index in [0.717, 1.165) is 0 Å². The summed E-state index contributed by atoms with van der Waals surface area (Å²) in [5.74, 6) is -0.336. The minimum absolute atomic E-state index is 0.0805. The van der Waals surface area contributed by atoms with E-state index in [-0.39, 0.29) is 17.0 Å². The molecule has 2 aromatic carbocycles. The molecule has 3 aromatic rings. The average molecular weight is 380 g/mol. The highest BCUT2D eigenvalue weighted by atomic mass is 16.5. The number of para-hydroxylation sites is 1. The minimum atomic E-state index is -0.556. The molecule has 0 saturated carbocycles. The molecule has 0 atom stereocenters. The number of hydrazone groups is 1. The van der Waals surface area contributed by atoms with Gasteiger partial charge in [-0.25, -0.2) is 10.1 Å². The van der Waals surface area contributed by atoms with E-state index in [2.05, 4.69) is 15.6 Å². The molecule has 8 heteroatoms. The number of carbonyl (C=O) groups excluding carboxylic acids is 1. The Balaban J connectivity index is 1.92. The summed E-state index contributed by atoms with van der Waals surface area (Å²) in [5.41, 5.74) is 2.65. The molecule has 1 aromatic heterocycles. The first-order valence-corrected chi connectivity index (χ1v) is 8.76. The van der Waals surface area contributed by atoms with Gasteiger partial charge in [0.2, 0.25) is 0 Å². The molecule has 0 fully saturated rings. The highest BCUT2D eigenvalue weighted by Gasteiger charge is 2.16. The van der Waals surface area contributed by atoms with E-state index >= 15 is 0 Å². The number of rotatable bonds is 6. The van der Waals surface area contributed by atoms with Gasteiger partial charge in [0, 0.05) is 17.5 Å². The predicted molar refractivity (Wildman–Crippen MR) is 106 cm³/mol. The van der Waals surface area contributed by atoms with Crippen molar-refractivity contribution in [2.45, 2.75) is 19.9 Å². The number of hydrogen-bond acceptors (Lipinski definition) is 6. The van der Waals surface area contributed by atoms with Crippen molar-refractivity contribution in [2.24, 2.45) is 5.10 Å². The van der Waals surface area contributed by atoms with Crippen LogP contribution in [0.15, 0.2) is 52.4 Å². The molecule has 8 nitrogen and oxygen atoms in total. The van der Waals surface area contributed by atoms with Gasteiger partial charge in [0.15, 0.2) is 17.2 Å². The van der Waals surface area contributed by atoms with E-state index in [1.165, 1.54) is 18.0 Å². The molecule has 2 N–H and O–H groups in total. The van der Waals surface area contributed by atoms with Crippen LogP contribution in [0.25, 0.3) is 10.8 Å². The lowest BCUT2D eigenvalue weighted by atomic mass is 10.1. The number of fused-ring (bicyclic) bond motifs is 1. The zero-order valence-corrected chi connectivity index (χ0v) is 15.5. The molecule has 3 rings (SSSR count). The van der Waals surface area contributed by atoms with Crippen molar-refractivity contribution >= 4 is 22.9 Å². The van der Waals surface area contributed by atoms with E-state index in [0.29, 0.717) is 35.1 Å². The molecule has 0 saturated heterocycles. The van der Waals surface area contributed by atoms with Crippen molar-refractivity contribution in [1.29, 1.82) is 0 Å². The number of aryl methyl sites for hydroxylation is 1. The number of methoxy groups -OCH3 is 1. The number of aromatic hydroxyl groups is 1. The number of phenols is 1. The Labute approximate surface area is 161 Å². The van der Waals surface area contributed by atoms with Gasteiger partial charge in [0.25, 0.3) is 11.5 Å². The minimum Gasteiger partial charge on any atom is -0.504 e. The lowest BCUT2D eigenvalue weighted by molar-refractivity contribution is 0.0949. The summed E-state index contributed by atoms with van der Waals surface area (Å²) in [6.07, 6.45) is 2.01. The van der Waals surface area contributed by atoms with Gasteiger partial charge in [-0.3, -0.25) is 9.59 Å². The van der Waals surface area contributed by atoms with Gasteiger partial charge in [-0.2, -0.15) is 10.2 Å². The lowest BCUT2D eigenvalue weighted by Gasteiger charge is -2.09. The molecule has 0 aliphatic heterocycles. The third-order valence-corrected chi connectivity index (χ3v) is 4.14. The molecule has 0 aliphatic carbocycles. The number of nitrogens with zero attached hydrogens (tertiary/aromatic N) is 3. The third kappa shape index (κ3) is 3.71. The fourth-order valence-electron chi connectivity index (χ4n) is 2.79. The summed E-state index contributed by atoms with van der Waals surface area (Å²) >= 11 is 0. The number of amides is 1. The maximum Gasteiger partial charge on any atom is 0.292 e. The van der Waals surface area contributed by atoms with Crippen molar-refractivity contribution < 1.29 is 14.6 Å². The standard InChI is InChI=1S/C20H20N4O4/c1-3-11-24-20(27)15-9-5-4-8-14(15)17(23-24)19(26)22-21-12-13-7-6-10-16(28-2)18(13)25/h4-10,12,25H,3,11H2,1-2H3,(H,22,26)/b21-12+. The molecule has 0 radical (unpaired) electrons. The van der Waals surface area contributed by atoms with Gasteiger partial charge in [0.05, 0.1) is 18.7 Å². The van der Waals surface area contributed by atoms with Crippen LogP contribution >= 0.6 is 0 Å². The van der Waals surface area contributed by atoms with E-state index < -0.39 is 5.91 Å². The number of nitrogens with one attached hydrogen (secondary N) is 1. The molecular weight excluding hydrogens is 360 g/mol. The molecule has 0 bridgehead atoms. The van der Waals surface area contributed by atoms with Crippen LogP contribution in [0.5, 0.6) is 11.5 Å². The lowest BCUT2D eigenvalue weighted by Crippen LogP contribution is -2.29. The Morgan fingerprint density at radius 1 is 1.25 bits per heavy atom. The second kappa shape index (κ2) is 8.34. The van der Waals surface area contributed by atoms with Crippen LogP contribution in [0, 0.1) is 0 Å².